The van der Waals surface area contributed by atoms with Crippen LogP contribution in [0.3, 0.4) is 0 Å². The molecular formula is C17H24N4OS. The van der Waals surface area contributed by atoms with Crippen LogP contribution in [0.25, 0.3) is 0 Å². The molecular weight excluding hydrogens is 308 g/mol. The molecule has 1 aliphatic rings. The predicted molar refractivity (Wildman–Crippen MR) is 91.4 cm³/mol. The molecule has 0 aromatic carbocycles. The van der Waals surface area contributed by atoms with Gasteiger partial charge in [-0.3, -0.25) is 4.79 Å². The summed E-state index contributed by atoms with van der Waals surface area (Å²) in [7, 11) is 0. The fourth-order valence-corrected chi connectivity index (χ4v) is 3.92. The highest BCUT2D eigenvalue weighted by Gasteiger charge is 2.24. The van der Waals surface area contributed by atoms with Crippen molar-refractivity contribution in [3.05, 3.63) is 35.0 Å². The third kappa shape index (κ3) is 4.64. The number of thiophene rings is 1. The van der Waals surface area contributed by atoms with E-state index in [1.807, 2.05) is 20.9 Å². The van der Waals surface area contributed by atoms with E-state index in [0.29, 0.717) is 12.3 Å². The zero-order valence-corrected chi connectivity index (χ0v) is 14.2. The maximum atomic E-state index is 12.4. The summed E-state index contributed by atoms with van der Waals surface area (Å²) in [4.78, 5) is 19.9. The Morgan fingerprint density at radius 2 is 2.30 bits per heavy atom. The first-order chi connectivity index (χ1) is 11.3. The van der Waals surface area contributed by atoms with Crippen molar-refractivity contribution in [2.45, 2.75) is 51.0 Å². The van der Waals surface area contributed by atoms with E-state index in [9.17, 15) is 4.79 Å². The van der Waals surface area contributed by atoms with Gasteiger partial charge in [-0.1, -0.05) is 12.5 Å². The molecule has 124 valence electrons. The molecule has 1 fully saturated rings. The van der Waals surface area contributed by atoms with Gasteiger partial charge in [0.15, 0.2) is 0 Å². The Kier molecular flexibility index (Phi) is 5.80. The van der Waals surface area contributed by atoms with Crippen LogP contribution >= 0.6 is 11.3 Å². The smallest absolute Gasteiger partial charge is 0.222 e. The summed E-state index contributed by atoms with van der Waals surface area (Å²) >= 11 is 1.82. The lowest BCUT2D eigenvalue weighted by Gasteiger charge is -2.32. The van der Waals surface area contributed by atoms with Crippen molar-refractivity contribution in [2.24, 2.45) is 0 Å². The first-order valence-electron chi connectivity index (χ1n) is 8.47. The summed E-state index contributed by atoms with van der Waals surface area (Å²) < 4.78 is 1.89. The number of carbonyl (C=O) groups excluding carboxylic acids is 1. The van der Waals surface area contributed by atoms with Gasteiger partial charge >= 0.3 is 0 Å². The second-order valence-electron chi connectivity index (χ2n) is 6.15. The molecule has 0 spiro atoms. The molecule has 5 nitrogen and oxygen atoms in total. The van der Waals surface area contributed by atoms with Gasteiger partial charge in [0.05, 0.1) is 6.04 Å². The van der Waals surface area contributed by atoms with Gasteiger partial charge in [-0.25, -0.2) is 9.67 Å². The molecule has 1 atom stereocenters. The van der Waals surface area contributed by atoms with Gasteiger partial charge in [0.25, 0.3) is 0 Å². The average molecular weight is 332 g/mol. The molecule has 0 unspecified atom stereocenters. The Bertz CT molecular complexity index is 582. The number of unbranched alkanes of at least 4 members (excludes halogenated alkanes) is 2. The van der Waals surface area contributed by atoms with Crippen molar-refractivity contribution in [1.29, 1.82) is 0 Å². The quantitative estimate of drug-likeness (QED) is 0.731. The Morgan fingerprint density at radius 1 is 1.35 bits per heavy atom. The first kappa shape index (κ1) is 16.2. The van der Waals surface area contributed by atoms with E-state index in [-0.39, 0.29) is 6.04 Å². The maximum Gasteiger partial charge on any atom is 0.222 e. The second kappa shape index (κ2) is 8.24. The molecule has 1 amide bonds. The minimum Gasteiger partial charge on any atom is -0.341 e. The van der Waals surface area contributed by atoms with Crippen LogP contribution in [0.2, 0.25) is 0 Å². The first-order valence-corrected chi connectivity index (χ1v) is 9.35. The van der Waals surface area contributed by atoms with Gasteiger partial charge in [-0.15, -0.1) is 11.3 Å². The fraction of sp³-hybridized carbons (Fsp3) is 0.588. The molecule has 2 aromatic heterocycles. The molecule has 1 saturated heterocycles. The van der Waals surface area contributed by atoms with Crippen LogP contribution in [0, 0.1) is 0 Å². The number of hydrogen-bond acceptors (Lipinski definition) is 4. The Labute approximate surface area is 141 Å². The Hall–Kier alpha value is -1.69. The summed E-state index contributed by atoms with van der Waals surface area (Å²) in [5, 5.41) is 6.34. The molecule has 1 aliphatic heterocycles. The number of hydrogen-bond donors (Lipinski definition) is 0. The summed E-state index contributed by atoms with van der Waals surface area (Å²) in [6.45, 7) is 1.66. The van der Waals surface area contributed by atoms with Crippen LogP contribution in [0.5, 0.6) is 0 Å². The fourth-order valence-electron chi connectivity index (χ4n) is 3.17. The third-order valence-electron chi connectivity index (χ3n) is 4.45. The van der Waals surface area contributed by atoms with E-state index in [4.69, 9.17) is 0 Å². The number of likely N-dealkylation sites (tertiary alicyclic amines) is 1. The zero-order chi connectivity index (χ0) is 15.9. The van der Waals surface area contributed by atoms with Crippen molar-refractivity contribution < 1.29 is 4.79 Å². The van der Waals surface area contributed by atoms with Crippen LogP contribution in [-0.4, -0.2) is 38.7 Å². The van der Waals surface area contributed by atoms with Crippen molar-refractivity contribution in [1.82, 2.24) is 19.7 Å². The average Bonchev–Trinajstić information content (AvgIpc) is 3.28. The summed E-state index contributed by atoms with van der Waals surface area (Å²) in [6.07, 6.45) is 10.6. The van der Waals surface area contributed by atoms with Crippen molar-refractivity contribution in [2.75, 3.05) is 13.1 Å². The summed E-state index contributed by atoms with van der Waals surface area (Å²) in [6, 6.07) is 4.58. The molecule has 0 radical (unpaired) electrons. The van der Waals surface area contributed by atoms with Crippen LogP contribution < -0.4 is 0 Å². The van der Waals surface area contributed by atoms with Gasteiger partial charge in [-0.05, 0) is 43.6 Å². The monoisotopic (exact) mass is 332 g/mol. The van der Waals surface area contributed by atoms with Gasteiger partial charge in [0.2, 0.25) is 5.91 Å². The molecule has 0 N–H and O–H groups in total. The largest absolute Gasteiger partial charge is 0.341 e. The second-order valence-corrected chi connectivity index (χ2v) is 7.18. The van der Waals surface area contributed by atoms with Crippen molar-refractivity contribution in [3.63, 3.8) is 0 Å². The van der Waals surface area contributed by atoms with E-state index in [2.05, 4.69) is 27.6 Å². The van der Waals surface area contributed by atoms with Crippen LogP contribution in [-0.2, 0) is 11.2 Å². The standard InChI is InChI=1S/C17H24N4OS/c22-17(9-3-1-2-7-16-8-5-11-23-16)20-10-4-6-15(12-20)21-14-18-13-19-21/h5,8,11,13-15H,1-4,6-7,9-10,12H2/t15-/m1/s1. The van der Waals surface area contributed by atoms with Gasteiger partial charge in [0, 0.05) is 24.4 Å². The van der Waals surface area contributed by atoms with Crippen LogP contribution in [0.15, 0.2) is 30.2 Å². The molecule has 6 heteroatoms. The Balaban J connectivity index is 1.36. The van der Waals surface area contributed by atoms with Gasteiger partial charge < -0.3 is 4.90 Å². The maximum absolute atomic E-state index is 12.4. The number of carbonyl (C=O) groups is 1. The SMILES string of the molecule is O=C(CCCCCc1cccs1)N1CCC[C@@H](n2cncn2)C1. The molecule has 0 saturated carbocycles. The molecule has 2 aromatic rings. The van der Waals surface area contributed by atoms with Gasteiger partial charge in [0.1, 0.15) is 12.7 Å². The lowest BCUT2D eigenvalue weighted by molar-refractivity contribution is -0.133. The highest BCUT2D eigenvalue weighted by Crippen LogP contribution is 2.21. The number of rotatable bonds is 7. The van der Waals surface area contributed by atoms with Crippen LogP contribution in [0.4, 0.5) is 0 Å². The minimum absolute atomic E-state index is 0.286. The lowest BCUT2D eigenvalue weighted by atomic mass is 10.0. The number of aryl methyl sites for hydroxylation is 1. The van der Waals surface area contributed by atoms with Crippen molar-refractivity contribution >= 4 is 17.2 Å². The molecule has 0 bridgehead atoms. The van der Waals surface area contributed by atoms with Crippen LogP contribution in [0.1, 0.15) is 49.4 Å². The minimum atomic E-state index is 0.286. The topological polar surface area (TPSA) is 51.0 Å². The number of piperidine rings is 1. The molecule has 3 rings (SSSR count). The molecule has 0 aliphatic carbocycles. The normalized spacial score (nSPS) is 18.3. The molecule has 3 heterocycles. The van der Waals surface area contributed by atoms with E-state index in [1.165, 1.54) is 11.3 Å². The number of nitrogens with zero attached hydrogens (tertiary/aromatic N) is 4. The van der Waals surface area contributed by atoms with E-state index >= 15 is 0 Å². The predicted octanol–water partition coefficient (Wildman–Crippen LogP) is 3.31. The zero-order valence-electron chi connectivity index (χ0n) is 13.4. The highest BCUT2D eigenvalue weighted by molar-refractivity contribution is 7.09. The van der Waals surface area contributed by atoms with E-state index in [1.54, 1.807) is 12.7 Å². The number of amides is 1. The number of aromatic nitrogens is 3. The van der Waals surface area contributed by atoms with E-state index in [0.717, 1.165) is 45.2 Å². The van der Waals surface area contributed by atoms with Crippen molar-refractivity contribution in [3.8, 4) is 0 Å². The Morgan fingerprint density at radius 3 is 3.09 bits per heavy atom. The highest BCUT2D eigenvalue weighted by atomic mass is 32.1. The van der Waals surface area contributed by atoms with Gasteiger partial charge in [-0.2, -0.15) is 5.10 Å². The third-order valence-corrected chi connectivity index (χ3v) is 5.39. The summed E-state index contributed by atoms with van der Waals surface area (Å²) in [5.41, 5.74) is 0. The molecule has 23 heavy (non-hydrogen) atoms. The van der Waals surface area contributed by atoms with E-state index < -0.39 is 0 Å². The lowest BCUT2D eigenvalue weighted by Crippen LogP contribution is -2.40. The summed E-state index contributed by atoms with van der Waals surface area (Å²) in [5.74, 6) is 0.297.